The van der Waals surface area contributed by atoms with Crippen molar-refractivity contribution in [1.29, 1.82) is 0 Å². The third-order valence-corrected chi connectivity index (χ3v) is 3.07. The number of rotatable bonds is 7. The number of hydrogen-bond acceptors (Lipinski definition) is 2. The highest BCUT2D eigenvalue weighted by Crippen LogP contribution is 2.19. The summed E-state index contributed by atoms with van der Waals surface area (Å²) in [6.07, 6.45) is 8.98. The first-order valence-corrected chi connectivity index (χ1v) is 6.69. The van der Waals surface area contributed by atoms with Crippen LogP contribution in [0.2, 0.25) is 0 Å². The van der Waals surface area contributed by atoms with E-state index in [0.717, 1.165) is 19.6 Å². The van der Waals surface area contributed by atoms with Gasteiger partial charge in [-0.25, -0.2) is 0 Å². The van der Waals surface area contributed by atoms with Gasteiger partial charge in [-0.2, -0.15) is 0 Å². The van der Waals surface area contributed by atoms with E-state index in [-0.39, 0.29) is 0 Å². The second kappa shape index (κ2) is 7.86. The smallest absolute Gasteiger partial charge is 0.0579 e. The normalized spacial score (nSPS) is 22.0. The van der Waals surface area contributed by atoms with Crippen molar-refractivity contribution in [2.45, 2.75) is 65.0 Å². The van der Waals surface area contributed by atoms with Gasteiger partial charge in [0.05, 0.1) is 6.10 Å². The van der Waals surface area contributed by atoms with E-state index in [1.807, 2.05) is 0 Å². The van der Waals surface area contributed by atoms with E-state index in [9.17, 15) is 0 Å². The van der Waals surface area contributed by atoms with Crippen LogP contribution in [-0.4, -0.2) is 25.3 Å². The molecule has 0 saturated carbocycles. The fraction of sp³-hybridized carbons (Fsp3) is 0.857. The van der Waals surface area contributed by atoms with Crippen LogP contribution in [-0.2, 0) is 4.74 Å². The molecule has 1 rings (SSSR count). The van der Waals surface area contributed by atoms with Gasteiger partial charge >= 0.3 is 0 Å². The minimum atomic E-state index is 0.539. The molecule has 16 heavy (non-hydrogen) atoms. The number of ether oxygens (including phenoxy) is 1. The average Bonchev–Trinajstić information content (AvgIpc) is 2.74. The molecule has 0 aromatic heterocycles. The number of allylic oxidation sites excluding steroid dienone is 1. The summed E-state index contributed by atoms with van der Waals surface area (Å²) in [5, 5.41) is 3.43. The van der Waals surface area contributed by atoms with Crippen molar-refractivity contribution >= 4 is 0 Å². The molecule has 0 bridgehead atoms. The molecular formula is C14H27NO. The Morgan fingerprint density at radius 1 is 1.50 bits per heavy atom. The zero-order valence-electron chi connectivity index (χ0n) is 11.1. The molecule has 1 fully saturated rings. The fourth-order valence-electron chi connectivity index (χ4n) is 2.05. The summed E-state index contributed by atoms with van der Waals surface area (Å²) >= 11 is 0. The average molecular weight is 225 g/mol. The molecule has 0 aliphatic carbocycles. The quantitative estimate of drug-likeness (QED) is 0.530. The third kappa shape index (κ3) is 6.29. The Labute approximate surface area is 100 Å². The Kier molecular flexibility index (Phi) is 6.74. The lowest BCUT2D eigenvalue weighted by Gasteiger charge is -2.09. The van der Waals surface area contributed by atoms with Gasteiger partial charge in [-0.15, -0.1) is 0 Å². The molecule has 1 aliphatic heterocycles. The molecular weight excluding hydrogens is 198 g/mol. The molecule has 1 aliphatic rings. The maximum atomic E-state index is 5.62. The minimum Gasteiger partial charge on any atom is -0.378 e. The van der Waals surface area contributed by atoms with Crippen LogP contribution in [0.15, 0.2) is 11.6 Å². The maximum Gasteiger partial charge on any atom is 0.0579 e. The largest absolute Gasteiger partial charge is 0.378 e. The van der Waals surface area contributed by atoms with E-state index in [1.165, 1.54) is 31.3 Å². The van der Waals surface area contributed by atoms with E-state index in [4.69, 9.17) is 4.74 Å². The zero-order valence-corrected chi connectivity index (χ0v) is 11.1. The van der Waals surface area contributed by atoms with E-state index < -0.39 is 0 Å². The standard InChI is InChI=1S/C14H27NO/c1-12(2)15-10-4-6-13(3)8-9-14-7-5-11-16-14/h6,12,14-15H,4-5,7-11H2,1-3H3. The molecule has 2 nitrogen and oxygen atoms in total. The van der Waals surface area contributed by atoms with Crippen LogP contribution >= 0.6 is 0 Å². The zero-order chi connectivity index (χ0) is 11.8. The Balaban J connectivity index is 2.03. The van der Waals surface area contributed by atoms with Crippen LogP contribution in [0.1, 0.15) is 52.9 Å². The van der Waals surface area contributed by atoms with Crippen LogP contribution in [0.25, 0.3) is 0 Å². The highest BCUT2D eigenvalue weighted by molar-refractivity contribution is 4.98. The van der Waals surface area contributed by atoms with Gasteiger partial charge in [-0.3, -0.25) is 0 Å². The topological polar surface area (TPSA) is 21.3 Å². The van der Waals surface area contributed by atoms with Gasteiger partial charge < -0.3 is 10.1 Å². The van der Waals surface area contributed by atoms with Crippen molar-refractivity contribution in [3.63, 3.8) is 0 Å². The Morgan fingerprint density at radius 3 is 2.94 bits per heavy atom. The summed E-state index contributed by atoms with van der Waals surface area (Å²) in [6.45, 7) is 8.69. The minimum absolute atomic E-state index is 0.539. The maximum absolute atomic E-state index is 5.62. The number of hydrogen-bond donors (Lipinski definition) is 1. The molecule has 0 radical (unpaired) electrons. The van der Waals surface area contributed by atoms with Crippen LogP contribution in [0.3, 0.4) is 0 Å². The van der Waals surface area contributed by atoms with Crippen molar-refractivity contribution in [1.82, 2.24) is 5.32 Å². The highest BCUT2D eigenvalue weighted by Gasteiger charge is 2.14. The summed E-state index contributed by atoms with van der Waals surface area (Å²) in [4.78, 5) is 0. The van der Waals surface area contributed by atoms with Crippen molar-refractivity contribution in [2.75, 3.05) is 13.2 Å². The van der Waals surface area contributed by atoms with Crippen LogP contribution in [0.4, 0.5) is 0 Å². The molecule has 1 heterocycles. The van der Waals surface area contributed by atoms with Crippen molar-refractivity contribution in [3.8, 4) is 0 Å². The van der Waals surface area contributed by atoms with Gasteiger partial charge in [0, 0.05) is 12.6 Å². The van der Waals surface area contributed by atoms with Gasteiger partial charge in [0.1, 0.15) is 0 Å². The van der Waals surface area contributed by atoms with Crippen molar-refractivity contribution in [3.05, 3.63) is 11.6 Å². The van der Waals surface area contributed by atoms with Gasteiger partial charge in [0.15, 0.2) is 0 Å². The molecule has 94 valence electrons. The van der Waals surface area contributed by atoms with Gasteiger partial charge in [-0.1, -0.05) is 25.5 Å². The van der Waals surface area contributed by atoms with E-state index in [1.54, 1.807) is 0 Å². The molecule has 0 spiro atoms. The van der Waals surface area contributed by atoms with E-state index in [2.05, 4.69) is 32.2 Å². The predicted octanol–water partition coefficient (Wildman–Crippen LogP) is 3.28. The SMILES string of the molecule is CC(=CCCNC(C)C)CCC1CCCO1. The van der Waals surface area contributed by atoms with Crippen molar-refractivity contribution in [2.24, 2.45) is 0 Å². The molecule has 1 N–H and O–H groups in total. The van der Waals surface area contributed by atoms with Crippen molar-refractivity contribution < 1.29 is 4.74 Å². The third-order valence-electron chi connectivity index (χ3n) is 3.07. The van der Waals surface area contributed by atoms with E-state index in [0.29, 0.717) is 12.1 Å². The van der Waals surface area contributed by atoms with Gasteiger partial charge in [-0.05, 0) is 45.6 Å². The lowest BCUT2D eigenvalue weighted by molar-refractivity contribution is 0.104. The molecule has 2 heteroatoms. The summed E-state index contributed by atoms with van der Waals surface area (Å²) in [7, 11) is 0. The molecule has 0 amide bonds. The summed E-state index contributed by atoms with van der Waals surface area (Å²) in [5.41, 5.74) is 1.51. The Morgan fingerprint density at radius 2 is 2.31 bits per heavy atom. The lowest BCUT2D eigenvalue weighted by Crippen LogP contribution is -2.23. The van der Waals surface area contributed by atoms with Crippen LogP contribution < -0.4 is 5.32 Å². The van der Waals surface area contributed by atoms with Gasteiger partial charge in [0.2, 0.25) is 0 Å². The lowest BCUT2D eigenvalue weighted by atomic mass is 10.1. The highest BCUT2D eigenvalue weighted by atomic mass is 16.5. The molecule has 1 atom stereocenters. The Bertz CT molecular complexity index is 205. The van der Waals surface area contributed by atoms with Gasteiger partial charge in [0.25, 0.3) is 0 Å². The second-order valence-electron chi connectivity index (χ2n) is 5.12. The molecule has 0 aromatic carbocycles. The monoisotopic (exact) mass is 225 g/mol. The van der Waals surface area contributed by atoms with E-state index >= 15 is 0 Å². The first-order valence-electron chi connectivity index (χ1n) is 6.69. The first kappa shape index (κ1) is 13.7. The van der Waals surface area contributed by atoms with Crippen LogP contribution in [0.5, 0.6) is 0 Å². The summed E-state index contributed by atoms with van der Waals surface area (Å²) in [5.74, 6) is 0. The molecule has 1 saturated heterocycles. The second-order valence-corrected chi connectivity index (χ2v) is 5.12. The Hall–Kier alpha value is -0.340. The molecule has 1 unspecified atom stereocenters. The predicted molar refractivity (Wildman–Crippen MR) is 69.7 cm³/mol. The number of nitrogens with one attached hydrogen (secondary N) is 1. The fourth-order valence-corrected chi connectivity index (χ4v) is 2.05. The molecule has 0 aromatic rings. The summed E-state index contributed by atoms with van der Waals surface area (Å²) < 4.78 is 5.62. The first-order chi connectivity index (χ1) is 7.68. The van der Waals surface area contributed by atoms with Crippen LogP contribution in [0, 0.1) is 0 Å². The summed E-state index contributed by atoms with van der Waals surface area (Å²) in [6, 6.07) is 0.598.